The van der Waals surface area contributed by atoms with Gasteiger partial charge in [0.25, 0.3) is 0 Å². The van der Waals surface area contributed by atoms with E-state index in [1.54, 1.807) is 48.7 Å². The predicted octanol–water partition coefficient (Wildman–Crippen LogP) is 3.32. The molecule has 1 saturated carbocycles. The van der Waals surface area contributed by atoms with Crippen LogP contribution in [0.15, 0.2) is 60.9 Å². The number of carbonyl (C=O) groups is 3. The molecule has 9 heteroatoms. The van der Waals surface area contributed by atoms with Crippen molar-refractivity contribution < 1.29 is 23.9 Å². The first-order chi connectivity index (χ1) is 19.3. The number of nitrogens with zero attached hydrogens (tertiary/aromatic N) is 2. The maximum Gasteiger partial charge on any atom is 0.246 e. The average molecular weight is 545 g/mol. The van der Waals surface area contributed by atoms with Gasteiger partial charge in [-0.1, -0.05) is 44.9 Å². The molecule has 210 valence electrons. The molecule has 9 nitrogen and oxygen atoms in total. The standard InChI is InChI=1S/C31H36N4O5/c1-18-6-4-8-23(19(18)2)34-29(37)27-31-14-13-24(40-31)25(28(36)33-21-9-11-22(39-3)12-10-21)26(31)30(38)35(27)17-20-7-5-15-32-16-20/h5,7,9-16,18-19,23-27H,4,6,8,17H2,1-3H3,(H,33,36)(H,34,37). The molecular weight excluding hydrogens is 508 g/mol. The summed E-state index contributed by atoms with van der Waals surface area (Å²) in [5.41, 5.74) is 0.195. The highest BCUT2D eigenvalue weighted by Gasteiger charge is 2.72. The van der Waals surface area contributed by atoms with Crippen LogP contribution in [0.5, 0.6) is 5.75 Å². The van der Waals surface area contributed by atoms with Crippen molar-refractivity contribution in [2.24, 2.45) is 23.7 Å². The van der Waals surface area contributed by atoms with E-state index in [-0.39, 0.29) is 30.3 Å². The Morgan fingerprint density at radius 2 is 1.95 bits per heavy atom. The summed E-state index contributed by atoms with van der Waals surface area (Å²) in [5.74, 6) is -0.853. The minimum absolute atomic E-state index is 0.0267. The Morgan fingerprint density at radius 1 is 1.15 bits per heavy atom. The lowest BCUT2D eigenvalue weighted by Gasteiger charge is -2.38. The van der Waals surface area contributed by atoms with Gasteiger partial charge in [-0.25, -0.2) is 0 Å². The normalized spacial score (nSPS) is 34.0. The van der Waals surface area contributed by atoms with Crippen molar-refractivity contribution in [3.05, 3.63) is 66.5 Å². The van der Waals surface area contributed by atoms with Crippen LogP contribution in [0, 0.1) is 23.7 Å². The van der Waals surface area contributed by atoms with Crippen molar-refractivity contribution in [3.63, 3.8) is 0 Å². The van der Waals surface area contributed by atoms with E-state index in [2.05, 4.69) is 29.5 Å². The zero-order valence-corrected chi connectivity index (χ0v) is 23.1. The Morgan fingerprint density at radius 3 is 2.67 bits per heavy atom. The van der Waals surface area contributed by atoms with Gasteiger partial charge in [0.15, 0.2) is 0 Å². The van der Waals surface area contributed by atoms with Gasteiger partial charge in [-0.15, -0.1) is 0 Å². The number of rotatable bonds is 7. The fraction of sp³-hybridized carbons (Fsp3) is 0.484. The molecule has 2 N–H and O–H groups in total. The molecule has 0 radical (unpaired) electrons. The van der Waals surface area contributed by atoms with Crippen LogP contribution in [0.1, 0.15) is 38.7 Å². The minimum Gasteiger partial charge on any atom is -0.497 e. The molecule has 2 saturated heterocycles. The number of nitrogens with one attached hydrogen (secondary N) is 2. The molecule has 2 aromatic rings. The van der Waals surface area contributed by atoms with Gasteiger partial charge >= 0.3 is 0 Å². The predicted molar refractivity (Wildman–Crippen MR) is 148 cm³/mol. The van der Waals surface area contributed by atoms with Gasteiger partial charge in [-0.2, -0.15) is 0 Å². The molecule has 3 amide bonds. The third-order valence-electron chi connectivity index (χ3n) is 9.39. The van der Waals surface area contributed by atoms with Gasteiger partial charge < -0.3 is 25.0 Å². The summed E-state index contributed by atoms with van der Waals surface area (Å²) in [7, 11) is 1.58. The van der Waals surface area contributed by atoms with Crippen molar-refractivity contribution in [1.29, 1.82) is 0 Å². The molecule has 8 unspecified atom stereocenters. The number of hydrogen-bond donors (Lipinski definition) is 2. The third kappa shape index (κ3) is 4.36. The first kappa shape index (κ1) is 26.5. The molecule has 4 heterocycles. The molecule has 1 aromatic heterocycles. The SMILES string of the molecule is COc1ccc(NC(=O)C2C3C=CC4(O3)C2C(=O)N(Cc2cccnc2)C4C(=O)NC2CCCC(C)C2C)cc1. The second-order valence-electron chi connectivity index (χ2n) is 11.6. The van der Waals surface area contributed by atoms with Crippen LogP contribution in [0.4, 0.5) is 5.69 Å². The summed E-state index contributed by atoms with van der Waals surface area (Å²) in [4.78, 5) is 47.7. The van der Waals surface area contributed by atoms with E-state index in [9.17, 15) is 14.4 Å². The van der Waals surface area contributed by atoms with Crippen molar-refractivity contribution in [2.45, 2.75) is 63.4 Å². The van der Waals surface area contributed by atoms with Crippen LogP contribution in [-0.2, 0) is 25.7 Å². The molecule has 40 heavy (non-hydrogen) atoms. The zero-order valence-electron chi connectivity index (χ0n) is 23.1. The highest BCUT2D eigenvalue weighted by Crippen LogP contribution is 2.55. The second kappa shape index (κ2) is 10.4. The van der Waals surface area contributed by atoms with E-state index in [1.807, 2.05) is 24.3 Å². The van der Waals surface area contributed by atoms with Gasteiger partial charge in [0.1, 0.15) is 17.4 Å². The summed E-state index contributed by atoms with van der Waals surface area (Å²) in [6.45, 7) is 4.61. The van der Waals surface area contributed by atoms with Crippen LogP contribution in [0.2, 0.25) is 0 Å². The number of anilines is 1. The highest BCUT2D eigenvalue weighted by molar-refractivity contribution is 6.02. The van der Waals surface area contributed by atoms with E-state index in [0.717, 1.165) is 24.8 Å². The number of methoxy groups -OCH3 is 1. The van der Waals surface area contributed by atoms with Gasteiger partial charge in [0, 0.05) is 30.7 Å². The molecule has 2 bridgehead atoms. The molecule has 1 aromatic carbocycles. The largest absolute Gasteiger partial charge is 0.497 e. The van der Waals surface area contributed by atoms with Crippen LogP contribution < -0.4 is 15.4 Å². The van der Waals surface area contributed by atoms with Crippen molar-refractivity contribution in [1.82, 2.24) is 15.2 Å². The summed E-state index contributed by atoms with van der Waals surface area (Å²) in [5, 5.41) is 6.23. The maximum absolute atomic E-state index is 14.2. The Hall–Kier alpha value is -3.72. The molecule has 3 fully saturated rings. The number of pyridine rings is 1. The van der Waals surface area contributed by atoms with Crippen LogP contribution in [0.3, 0.4) is 0 Å². The summed E-state index contributed by atoms with van der Waals surface area (Å²) >= 11 is 0. The maximum atomic E-state index is 14.2. The smallest absolute Gasteiger partial charge is 0.246 e. The summed E-state index contributed by atoms with van der Waals surface area (Å²) in [6.07, 6.45) is 9.57. The van der Waals surface area contributed by atoms with Gasteiger partial charge in [-0.3, -0.25) is 19.4 Å². The topological polar surface area (TPSA) is 110 Å². The molecule has 1 spiro atoms. The lowest BCUT2D eigenvalue weighted by atomic mass is 9.73. The number of benzene rings is 1. The minimum atomic E-state index is -1.21. The Kier molecular flexibility index (Phi) is 6.86. The number of amides is 3. The third-order valence-corrected chi connectivity index (χ3v) is 9.39. The Bertz CT molecular complexity index is 1310. The van der Waals surface area contributed by atoms with E-state index < -0.39 is 29.6 Å². The number of hydrogen-bond acceptors (Lipinski definition) is 6. The van der Waals surface area contributed by atoms with E-state index >= 15 is 0 Å². The van der Waals surface area contributed by atoms with Crippen molar-refractivity contribution in [2.75, 3.05) is 12.4 Å². The lowest BCUT2D eigenvalue weighted by molar-refractivity contribution is -0.142. The molecule has 4 aliphatic rings. The van der Waals surface area contributed by atoms with Crippen LogP contribution in [-0.4, -0.2) is 58.5 Å². The van der Waals surface area contributed by atoms with Gasteiger partial charge in [0.05, 0.1) is 25.0 Å². The number of aromatic nitrogens is 1. The van der Waals surface area contributed by atoms with Gasteiger partial charge in [0.2, 0.25) is 17.7 Å². The van der Waals surface area contributed by atoms with Gasteiger partial charge in [-0.05, 0) is 54.2 Å². The van der Waals surface area contributed by atoms with E-state index in [1.165, 1.54) is 0 Å². The van der Waals surface area contributed by atoms with E-state index in [4.69, 9.17) is 9.47 Å². The first-order valence-electron chi connectivity index (χ1n) is 14.1. The summed E-state index contributed by atoms with van der Waals surface area (Å²) in [6, 6.07) is 9.86. The van der Waals surface area contributed by atoms with Crippen molar-refractivity contribution >= 4 is 23.4 Å². The van der Waals surface area contributed by atoms with Crippen molar-refractivity contribution in [3.8, 4) is 5.75 Å². The molecular formula is C31H36N4O5. The Balaban J connectivity index is 1.31. The zero-order chi connectivity index (χ0) is 28.0. The fourth-order valence-electron chi connectivity index (χ4n) is 7.07. The monoisotopic (exact) mass is 544 g/mol. The Labute approximate surface area is 234 Å². The average Bonchev–Trinajstić information content (AvgIpc) is 3.60. The molecule has 3 aliphatic heterocycles. The number of likely N-dealkylation sites (tertiary alicyclic amines) is 1. The van der Waals surface area contributed by atoms with E-state index in [0.29, 0.717) is 23.3 Å². The number of ether oxygens (including phenoxy) is 2. The molecule has 8 atom stereocenters. The number of fused-ring (bicyclic) bond motifs is 1. The molecule has 6 rings (SSSR count). The lowest BCUT2D eigenvalue weighted by Crippen LogP contribution is -2.57. The highest BCUT2D eigenvalue weighted by atomic mass is 16.5. The second-order valence-corrected chi connectivity index (χ2v) is 11.6. The quantitative estimate of drug-likeness (QED) is 0.518. The fourth-order valence-corrected chi connectivity index (χ4v) is 7.07. The molecule has 1 aliphatic carbocycles. The van der Waals surface area contributed by atoms with Crippen LogP contribution in [0.25, 0.3) is 0 Å². The first-order valence-corrected chi connectivity index (χ1v) is 14.1. The van der Waals surface area contributed by atoms with Crippen LogP contribution >= 0.6 is 0 Å². The number of carbonyl (C=O) groups excluding carboxylic acids is 3. The summed E-state index contributed by atoms with van der Waals surface area (Å²) < 4.78 is 11.7.